The van der Waals surface area contributed by atoms with Crippen LogP contribution in [0, 0.1) is 18.8 Å². The van der Waals surface area contributed by atoms with Gasteiger partial charge in [0, 0.05) is 5.56 Å². The lowest BCUT2D eigenvalue weighted by molar-refractivity contribution is -0.106. The molecule has 2 rings (SSSR count). The molecule has 0 aliphatic heterocycles. The van der Waals surface area contributed by atoms with Gasteiger partial charge in [-0.25, -0.2) is 4.99 Å². The fraction of sp³-hybridized carbons (Fsp3) is 0.167. The van der Waals surface area contributed by atoms with Gasteiger partial charge in [0.25, 0.3) is 0 Å². The quantitative estimate of drug-likeness (QED) is 0.295. The summed E-state index contributed by atoms with van der Waals surface area (Å²) < 4.78 is 54.1. The highest BCUT2D eigenvalue weighted by Crippen LogP contribution is 2.39. The highest BCUT2D eigenvalue weighted by Gasteiger charge is 2.58. The van der Waals surface area contributed by atoms with Crippen LogP contribution in [0.15, 0.2) is 59.6 Å². The Morgan fingerprint density at radius 3 is 2.08 bits per heavy atom. The van der Waals surface area contributed by atoms with Crippen molar-refractivity contribution in [2.24, 2.45) is 4.99 Å². The van der Waals surface area contributed by atoms with Gasteiger partial charge in [-0.15, -0.1) is 0 Å². The summed E-state index contributed by atoms with van der Waals surface area (Å²) in [5.41, 5.74) is 0.0526. The molecule has 2 aromatic rings. The van der Waals surface area contributed by atoms with Gasteiger partial charge in [-0.05, 0) is 48.7 Å². The molecule has 1 nitrogen and oxygen atoms in total. The zero-order chi connectivity index (χ0) is 17.8. The molecule has 0 heterocycles. The van der Waals surface area contributed by atoms with Gasteiger partial charge in [-0.1, -0.05) is 41.8 Å². The molecule has 0 radical (unpaired) electrons. The van der Waals surface area contributed by atoms with Crippen molar-refractivity contribution in [3.8, 4) is 11.8 Å². The lowest BCUT2D eigenvalue weighted by Gasteiger charge is -2.19. The largest absolute Gasteiger partial charge is 0.390 e. The summed E-state index contributed by atoms with van der Waals surface area (Å²) >= 11 is 4.56. The van der Waals surface area contributed by atoms with Crippen LogP contribution in [0.1, 0.15) is 11.1 Å². The van der Waals surface area contributed by atoms with Crippen LogP contribution in [-0.4, -0.2) is 17.0 Å². The first-order valence-electron chi connectivity index (χ1n) is 6.87. The molecule has 2 aromatic carbocycles. The van der Waals surface area contributed by atoms with E-state index in [0.717, 1.165) is 5.56 Å². The van der Waals surface area contributed by atoms with Crippen LogP contribution in [0.5, 0.6) is 0 Å². The minimum absolute atomic E-state index is 0.0820. The molecule has 0 N–H and O–H groups in total. The van der Waals surface area contributed by atoms with Gasteiger partial charge in [0.2, 0.25) is 0 Å². The van der Waals surface area contributed by atoms with Gasteiger partial charge in [0.1, 0.15) is 0 Å². The van der Waals surface area contributed by atoms with Gasteiger partial charge < -0.3 is 0 Å². The van der Waals surface area contributed by atoms with E-state index >= 15 is 0 Å². The van der Waals surface area contributed by atoms with Crippen LogP contribution in [0.25, 0.3) is 0 Å². The Hall–Kier alpha value is -2.32. The standard InChI is InChI=1S/C18H12ClF4N/c1-13-7-10-15(11-8-13)24-16(17(20,21)18(19,22)23)12-9-14-5-3-2-4-6-14/h2-8,10-11H,1H3. The average Bonchev–Trinajstić information content (AvgIpc) is 2.53. The molecule has 0 unspecified atom stereocenters. The zero-order valence-electron chi connectivity index (χ0n) is 12.5. The lowest BCUT2D eigenvalue weighted by atomic mass is 10.1. The first kappa shape index (κ1) is 18.0. The van der Waals surface area contributed by atoms with Gasteiger partial charge in [-0.2, -0.15) is 17.6 Å². The van der Waals surface area contributed by atoms with Crippen molar-refractivity contribution in [1.82, 2.24) is 0 Å². The van der Waals surface area contributed by atoms with Crippen LogP contribution in [-0.2, 0) is 0 Å². The van der Waals surface area contributed by atoms with Crippen LogP contribution >= 0.6 is 11.6 Å². The molecule has 0 spiro atoms. The average molecular weight is 354 g/mol. The minimum atomic E-state index is -4.80. The molecule has 0 bridgehead atoms. The first-order chi connectivity index (χ1) is 11.2. The van der Waals surface area contributed by atoms with Gasteiger partial charge in [0.15, 0.2) is 5.71 Å². The maximum Gasteiger partial charge on any atom is 0.390 e. The van der Waals surface area contributed by atoms with E-state index in [1.54, 1.807) is 49.4 Å². The van der Waals surface area contributed by atoms with Gasteiger partial charge in [0.05, 0.1) is 5.69 Å². The van der Waals surface area contributed by atoms with Crippen LogP contribution in [0.3, 0.4) is 0 Å². The molecule has 0 fully saturated rings. The highest BCUT2D eigenvalue weighted by molar-refractivity contribution is 6.26. The third kappa shape index (κ3) is 4.36. The van der Waals surface area contributed by atoms with E-state index in [9.17, 15) is 17.6 Å². The first-order valence-corrected chi connectivity index (χ1v) is 7.25. The highest BCUT2D eigenvalue weighted by atomic mass is 35.5. The number of aliphatic imine (C=N–C) groups is 1. The Labute approximate surface area is 142 Å². The number of rotatable bonds is 3. The summed E-state index contributed by atoms with van der Waals surface area (Å²) in [6.07, 6.45) is 0. The van der Waals surface area contributed by atoms with Crippen molar-refractivity contribution in [3.63, 3.8) is 0 Å². The van der Waals surface area contributed by atoms with Crippen molar-refractivity contribution < 1.29 is 17.6 Å². The Bertz CT molecular complexity index is 782. The third-order valence-corrected chi connectivity index (χ3v) is 3.26. The fourth-order valence-electron chi connectivity index (χ4n) is 1.71. The molecular formula is C18H12ClF4N. The molecule has 0 aliphatic rings. The smallest absolute Gasteiger partial charge is 0.238 e. The Morgan fingerprint density at radius 1 is 0.958 bits per heavy atom. The van der Waals surface area contributed by atoms with Crippen molar-refractivity contribution in [2.45, 2.75) is 18.2 Å². The number of hydrogen-bond donors (Lipinski definition) is 0. The number of alkyl halides is 5. The van der Waals surface area contributed by atoms with Gasteiger partial charge in [-0.3, -0.25) is 0 Å². The summed E-state index contributed by atoms with van der Waals surface area (Å²) in [6, 6.07) is 14.2. The molecule has 0 atom stereocenters. The predicted molar refractivity (Wildman–Crippen MR) is 87.3 cm³/mol. The molecule has 124 valence electrons. The molecule has 0 saturated heterocycles. The predicted octanol–water partition coefficient (Wildman–Crippen LogP) is 5.59. The molecule has 6 heteroatoms. The zero-order valence-corrected chi connectivity index (χ0v) is 13.3. The maximum absolute atomic E-state index is 13.9. The number of aryl methyl sites for hydroxylation is 1. The van der Waals surface area contributed by atoms with Crippen molar-refractivity contribution in [3.05, 3.63) is 65.7 Å². The van der Waals surface area contributed by atoms with E-state index in [4.69, 9.17) is 0 Å². The number of halogens is 5. The minimum Gasteiger partial charge on any atom is -0.238 e. The topological polar surface area (TPSA) is 12.4 Å². The van der Waals surface area contributed by atoms with Crippen LogP contribution in [0.4, 0.5) is 23.2 Å². The molecule has 0 aliphatic carbocycles. The second kappa shape index (κ2) is 7.06. The van der Waals surface area contributed by atoms with Crippen molar-refractivity contribution >= 4 is 23.0 Å². The lowest BCUT2D eigenvalue weighted by Crippen LogP contribution is -2.42. The molecular weight excluding hydrogens is 342 g/mol. The number of hydrogen-bond acceptors (Lipinski definition) is 1. The number of benzene rings is 2. The second-order valence-electron chi connectivity index (χ2n) is 4.98. The molecule has 0 aromatic heterocycles. The van der Waals surface area contributed by atoms with E-state index < -0.39 is 17.0 Å². The van der Waals surface area contributed by atoms with Crippen molar-refractivity contribution in [1.29, 1.82) is 0 Å². The summed E-state index contributed by atoms with van der Waals surface area (Å²) in [4.78, 5) is 3.58. The van der Waals surface area contributed by atoms with Gasteiger partial charge >= 0.3 is 11.3 Å². The van der Waals surface area contributed by atoms with E-state index in [2.05, 4.69) is 22.5 Å². The number of nitrogens with zero attached hydrogens (tertiary/aromatic N) is 1. The molecule has 24 heavy (non-hydrogen) atoms. The fourth-order valence-corrected chi connectivity index (χ4v) is 1.80. The summed E-state index contributed by atoms with van der Waals surface area (Å²) in [7, 11) is 0. The normalized spacial score (nSPS) is 12.5. The SMILES string of the molecule is Cc1ccc(N=C(C#Cc2ccccc2)C(F)(F)C(F)(F)Cl)cc1. The maximum atomic E-state index is 13.9. The van der Waals surface area contributed by atoms with Crippen molar-refractivity contribution in [2.75, 3.05) is 0 Å². The van der Waals surface area contributed by atoms with E-state index in [-0.39, 0.29) is 5.69 Å². The van der Waals surface area contributed by atoms with E-state index in [0.29, 0.717) is 5.56 Å². The van der Waals surface area contributed by atoms with E-state index in [1.807, 2.05) is 5.92 Å². The molecule has 0 amide bonds. The monoisotopic (exact) mass is 353 g/mol. The summed E-state index contributed by atoms with van der Waals surface area (Å²) in [5.74, 6) is -0.274. The second-order valence-corrected chi connectivity index (χ2v) is 5.46. The Kier molecular flexibility index (Phi) is 5.30. The third-order valence-electron chi connectivity index (χ3n) is 3.03. The van der Waals surface area contributed by atoms with Crippen LogP contribution < -0.4 is 0 Å². The van der Waals surface area contributed by atoms with E-state index in [1.165, 1.54) is 12.1 Å². The Morgan fingerprint density at radius 2 is 1.54 bits per heavy atom. The Balaban J connectivity index is 2.50. The summed E-state index contributed by atoms with van der Waals surface area (Å²) in [5, 5.41) is -4.80. The van der Waals surface area contributed by atoms with Crippen LogP contribution in [0.2, 0.25) is 0 Å². The summed E-state index contributed by atoms with van der Waals surface area (Å²) in [6.45, 7) is 1.80. The molecule has 0 saturated carbocycles.